The Morgan fingerprint density at radius 3 is 1.02 bits per heavy atom. The lowest BCUT2D eigenvalue weighted by atomic mass is 9.86. The second kappa shape index (κ2) is 13.3. The van der Waals surface area contributed by atoms with Crippen LogP contribution in [0.1, 0.15) is 20.7 Å². The number of carbonyl (C=O) groups is 4. The highest BCUT2D eigenvalue weighted by atomic mass is 16.2. The molecular formula is C46H32N4O4. The van der Waals surface area contributed by atoms with Crippen molar-refractivity contribution in [2.45, 2.75) is 0 Å². The Morgan fingerprint density at radius 2 is 0.648 bits per heavy atom. The van der Waals surface area contributed by atoms with Crippen molar-refractivity contribution in [3.63, 3.8) is 0 Å². The quantitative estimate of drug-likeness (QED) is 0.117. The number of hydrogen-bond donors (Lipinski definition) is 4. The first kappa shape index (κ1) is 32.6. The first-order valence-electron chi connectivity index (χ1n) is 17.7. The molecule has 0 spiro atoms. The molecule has 8 aromatic rings. The van der Waals surface area contributed by atoms with E-state index in [-0.39, 0.29) is 24.2 Å². The van der Waals surface area contributed by atoms with E-state index in [1.165, 1.54) is 0 Å². The molecule has 0 bridgehead atoms. The zero-order valence-corrected chi connectivity index (χ0v) is 28.9. The molecule has 4 N–H and O–H groups in total. The Balaban J connectivity index is 1.25. The van der Waals surface area contributed by atoms with E-state index >= 15 is 0 Å². The summed E-state index contributed by atoms with van der Waals surface area (Å²) in [6.07, 6.45) is 0. The van der Waals surface area contributed by atoms with Crippen LogP contribution in [-0.2, 0) is 9.59 Å². The van der Waals surface area contributed by atoms with Crippen molar-refractivity contribution in [1.29, 1.82) is 0 Å². The van der Waals surface area contributed by atoms with Gasteiger partial charge in [-0.05, 0) is 67.4 Å². The number of fused-ring (bicyclic) bond motifs is 14. The van der Waals surface area contributed by atoms with E-state index in [9.17, 15) is 19.2 Å². The van der Waals surface area contributed by atoms with Gasteiger partial charge in [0.2, 0.25) is 11.8 Å². The summed E-state index contributed by atoms with van der Waals surface area (Å²) in [5.74, 6) is -2.29. The SMILES string of the molecule is O=C1CNc2ccc3ccccc3c2-c2c(ccc3ccccc23)NCC(=O)NC(=O)c2ccc3ccccc3c2-c2c(ccc3ccccc23)C(=O)N1. The molecule has 0 aliphatic carbocycles. The largest absolute Gasteiger partial charge is 0.376 e. The van der Waals surface area contributed by atoms with Crippen LogP contribution in [0.5, 0.6) is 0 Å². The van der Waals surface area contributed by atoms with Crippen LogP contribution in [0, 0.1) is 0 Å². The van der Waals surface area contributed by atoms with Crippen LogP contribution in [0.15, 0.2) is 146 Å². The highest BCUT2D eigenvalue weighted by Gasteiger charge is 2.26. The van der Waals surface area contributed by atoms with Gasteiger partial charge in [-0.15, -0.1) is 0 Å². The molecule has 9 rings (SSSR count). The van der Waals surface area contributed by atoms with Crippen molar-refractivity contribution in [1.82, 2.24) is 10.6 Å². The molecule has 1 heterocycles. The van der Waals surface area contributed by atoms with Gasteiger partial charge >= 0.3 is 0 Å². The third-order valence-electron chi connectivity index (χ3n) is 10.1. The highest BCUT2D eigenvalue weighted by Crippen LogP contribution is 2.44. The van der Waals surface area contributed by atoms with E-state index in [0.717, 1.165) is 43.4 Å². The Bertz CT molecular complexity index is 2680. The highest BCUT2D eigenvalue weighted by molar-refractivity contribution is 6.22. The topological polar surface area (TPSA) is 116 Å². The number of amides is 4. The Labute approximate surface area is 309 Å². The fraction of sp³-hybridized carbons (Fsp3) is 0.0435. The average molecular weight is 705 g/mol. The summed E-state index contributed by atoms with van der Waals surface area (Å²) in [7, 11) is 0. The number of rotatable bonds is 0. The fourth-order valence-corrected chi connectivity index (χ4v) is 7.66. The normalized spacial score (nSPS) is 13.8. The minimum Gasteiger partial charge on any atom is -0.376 e. The van der Waals surface area contributed by atoms with Crippen LogP contribution in [0.25, 0.3) is 65.3 Å². The molecule has 0 unspecified atom stereocenters. The number of nitrogens with one attached hydrogen (secondary N) is 4. The smallest absolute Gasteiger partial charge is 0.258 e. The van der Waals surface area contributed by atoms with Crippen molar-refractivity contribution in [3.8, 4) is 22.3 Å². The number of carbonyl (C=O) groups excluding carboxylic acids is 4. The molecule has 1 aliphatic heterocycles. The molecule has 0 atom stereocenters. The average Bonchev–Trinajstić information content (AvgIpc) is 3.20. The molecule has 8 heteroatoms. The maximum Gasteiger partial charge on any atom is 0.258 e. The van der Waals surface area contributed by atoms with Crippen LogP contribution in [0.2, 0.25) is 0 Å². The summed E-state index contributed by atoms with van der Waals surface area (Å²) in [6.45, 7) is -0.401. The van der Waals surface area contributed by atoms with E-state index < -0.39 is 23.6 Å². The molecule has 0 aromatic heterocycles. The summed E-state index contributed by atoms with van der Waals surface area (Å²) < 4.78 is 0. The molecule has 1 aliphatic rings. The van der Waals surface area contributed by atoms with Crippen LogP contribution < -0.4 is 21.3 Å². The van der Waals surface area contributed by atoms with Crippen LogP contribution in [-0.4, -0.2) is 36.7 Å². The zero-order valence-electron chi connectivity index (χ0n) is 28.9. The van der Waals surface area contributed by atoms with E-state index in [2.05, 4.69) is 21.3 Å². The number of benzene rings is 8. The summed E-state index contributed by atoms with van der Waals surface area (Å²) >= 11 is 0. The molecule has 0 radical (unpaired) electrons. The minimum absolute atomic E-state index is 0.200. The third kappa shape index (κ3) is 5.66. The Morgan fingerprint density at radius 1 is 0.333 bits per heavy atom. The predicted molar refractivity (Wildman–Crippen MR) is 216 cm³/mol. The lowest BCUT2D eigenvalue weighted by Gasteiger charge is -2.21. The number of imide groups is 2. The van der Waals surface area contributed by atoms with Gasteiger partial charge in [-0.1, -0.05) is 121 Å². The van der Waals surface area contributed by atoms with Crippen molar-refractivity contribution in [3.05, 3.63) is 157 Å². The summed E-state index contributed by atoms with van der Waals surface area (Å²) in [5.41, 5.74) is 4.38. The molecule has 54 heavy (non-hydrogen) atoms. The first-order chi connectivity index (χ1) is 26.4. The van der Waals surface area contributed by atoms with Gasteiger partial charge in [-0.3, -0.25) is 29.8 Å². The second-order valence-electron chi connectivity index (χ2n) is 13.3. The fourth-order valence-electron chi connectivity index (χ4n) is 7.66. The van der Waals surface area contributed by atoms with Gasteiger partial charge in [0.05, 0.1) is 13.1 Å². The summed E-state index contributed by atoms with van der Waals surface area (Å²) in [6, 6.07) is 45.9. The lowest BCUT2D eigenvalue weighted by molar-refractivity contribution is -0.119. The maximum atomic E-state index is 14.2. The van der Waals surface area contributed by atoms with Crippen molar-refractivity contribution in [2.75, 3.05) is 23.7 Å². The molecule has 260 valence electrons. The van der Waals surface area contributed by atoms with Gasteiger partial charge in [0.1, 0.15) is 0 Å². The molecule has 8 aromatic carbocycles. The van der Waals surface area contributed by atoms with Crippen LogP contribution in [0.4, 0.5) is 11.4 Å². The molecule has 8 nitrogen and oxygen atoms in total. The molecular weight excluding hydrogens is 673 g/mol. The molecule has 0 saturated heterocycles. The maximum absolute atomic E-state index is 14.2. The van der Waals surface area contributed by atoms with Gasteiger partial charge in [0.25, 0.3) is 11.8 Å². The second-order valence-corrected chi connectivity index (χ2v) is 13.3. The van der Waals surface area contributed by atoms with Crippen LogP contribution in [0.3, 0.4) is 0 Å². The van der Waals surface area contributed by atoms with E-state index in [4.69, 9.17) is 0 Å². The molecule has 0 fully saturated rings. The van der Waals surface area contributed by atoms with Gasteiger partial charge in [0.15, 0.2) is 0 Å². The van der Waals surface area contributed by atoms with Crippen molar-refractivity contribution in [2.24, 2.45) is 0 Å². The van der Waals surface area contributed by atoms with E-state index in [1.807, 2.05) is 133 Å². The summed E-state index contributed by atoms with van der Waals surface area (Å²) in [4.78, 5) is 55.9. The van der Waals surface area contributed by atoms with E-state index in [1.54, 1.807) is 12.1 Å². The molecule has 4 amide bonds. The first-order valence-corrected chi connectivity index (χ1v) is 17.7. The van der Waals surface area contributed by atoms with Crippen LogP contribution >= 0.6 is 0 Å². The molecule has 0 saturated carbocycles. The van der Waals surface area contributed by atoms with E-state index in [0.29, 0.717) is 33.3 Å². The van der Waals surface area contributed by atoms with Gasteiger partial charge in [0, 0.05) is 44.8 Å². The van der Waals surface area contributed by atoms with Crippen molar-refractivity contribution >= 4 is 78.1 Å². The monoisotopic (exact) mass is 704 g/mol. The van der Waals surface area contributed by atoms with Gasteiger partial charge in [-0.25, -0.2) is 0 Å². The Kier molecular flexibility index (Phi) is 8.05. The van der Waals surface area contributed by atoms with Gasteiger partial charge < -0.3 is 10.6 Å². The van der Waals surface area contributed by atoms with Gasteiger partial charge in [-0.2, -0.15) is 0 Å². The van der Waals surface area contributed by atoms with Crippen molar-refractivity contribution < 1.29 is 19.2 Å². The number of anilines is 2. The Hall–Kier alpha value is -7.32. The third-order valence-corrected chi connectivity index (χ3v) is 10.1. The standard InChI is InChI=1S/C46H32N4O4/c51-39-25-47-37-23-19-29-11-3-7-15-33(29)43(37)44-34-16-8-4-12-30(34)20-24-38(44)48-26-40(52)50-46(54)36-22-18-28-10-2-6-14-32(28)42(36)41-31-13-5-1-9-27(31)17-21-35(41)45(53)49-39/h1-24,47-48H,25-26H2,(H,49,51,53)(H,50,52,54). The predicted octanol–water partition coefficient (Wildman–Crippen LogP) is 8.68. The number of hydrogen-bond acceptors (Lipinski definition) is 6. The summed E-state index contributed by atoms with van der Waals surface area (Å²) in [5, 5.41) is 18.8. The minimum atomic E-state index is -0.613. The zero-order chi connectivity index (χ0) is 36.8. The lowest BCUT2D eigenvalue weighted by Crippen LogP contribution is -2.36.